The van der Waals surface area contributed by atoms with Gasteiger partial charge in [-0.2, -0.15) is 0 Å². The van der Waals surface area contributed by atoms with E-state index in [0.717, 1.165) is 43.3 Å². The van der Waals surface area contributed by atoms with Crippen LogP contribution in [0.1, 0.15) is 68.9 Å². The summed E-state index contributed by atoms with van der Waals surface area (Å²) in [5.41, 5.74) is 5.91. The second-order valence-electron chi connectivity index (χ2n) is 9.67. The molecule has 0 saturated carbocycles. The van der Waals surface area contributed by atoms with E-state index >= 15 is 0 Å². The Kier molecular flexibility index (Phi) is 9.08. The molecule has 3 nitrogen and oxygen atoms in total. The van der Waals surface area contributed by atoms with Crippen LogP contribution in [-0.4, -0.2) is 34.3 Å². The maximum atomic E-state index is 5.57. The molecule has 0 aliphatic carbocycles. The van der Waals surface area contributed by atoms with Gasteiger partial charge in [-0.25, -0.2) is 0 Å². The number of methoxy groups -OCH3 is 2. The van der Waals surface area contributed by atoms with Gasteiger partial charge in [0.1, 0.15) is 12.5 Å². The lowest BCUT2D eigenvalue weighted by molar-refractivity contribution is -0.0313. The smallest absolute Gasteiger partial charge is 0.183 e. The van der Waals surface area contributed by atoms with Gasteiger partial charge in [-0.3, -0.25) is 0 Å². The lowest BCUT2D eigenvalue weighted by Crippen LogP contribution is -2.36. The van der Waals surface area contributed by atoms with Crippen LogP contribution in [0.4, 0.5) is 0 Å². The number of ether oxygens (including phenoxy) is 3. The Bertz CT molecular complexity index is 855. The number of fused-ring (bicyclic) bond motifs is 2. The number of hydrogen-bond acceptors (Lipinski definition) is 3. The zero-order valence-electron chi connectivity index (χ0n) is 20.4. The largest absolute Gasteiger partial charge is 0.497 e. The van der Waals surface area contributed by atoms with E-state index < -0.39 is 0 Å². The molecular formula is C29H39BO3. The topological polar surface area (TPSA) is 27.7 Å². The van der Waals surface area contributed by atoms with Gasteiger partial charge in [0.25, 0.3) is 0 Å². The number of rotatable bonds is 11. The van der Waals surface area contributed by atoms with Crippen molar-refractivity contribution in [1.82, 2.24) is 0 Å². The Labute approximate surface area is 200 Å². The molecule has 0 spiro atoms. The van der Waals surface area contributed by atoms with Crippen LogP contribution >= 0.6 is 0 Å². The quantitative estimate of drug-likeness (QED) is 0.154. The Morgan fingerprint density at radius 3 is 2.09 bits per heavy atom. The first-order valence-electron chi connectivity index (χ1n) is 12.8. The van der Waals surface area contributed by atoms with E-state index in [-0.39, 0.29) is 0 Å². The van der Waals surface area contributed by atoms with Crippen molar-refractivity contribution < 1.29 is 14.2 Å². The van der Waals surface area contributed by atoms with E-state index in [9.17, 15) is 0 Å². The fourth-order valence-electron chi connectivity index (χ4n) is 6.21. The first-order valence-corrected chi connectivity index (χ1v) is 12.8. The van der Waals surface area contributed by atoms with E-state index in [2.05, 4.69) is 54.6 Å². The van der Waals surface area contributed by atoms with Crippen LogP contribution in [0.3, 0.4) is 0 Å². The molecule has 176 valence electrons. The fourth-order valence-corrected chi connectivity index (χ4v) is 6.21. The summed E-state index contributed by atoms with van der Waals surface area (Å²) in [6.45, 7) is 1.80. The van der Waals surface area contributed by atoms with Crippen LogP contribution in [0.25, 0.3) is 11.0 Å². The molecule has 4 rings (SSSR count). The molecule has 4 heteroatoms. The van der Waals surface area contributed by atoms with Gasteiger partial charge >= 0.3 is 0 Å². The molecule has 0 N–H and O–H groups in total. The van der Waals surface area contributed by atoms with Crippen LogP contribution in [0.5, 0.6) is 5.75 Å². The van der Waals surface area contributed by atoms with Crippen LogP contribution in [0.2, 0.25) is 11.6 Å². The highest BCUT2D eigenvalue weighted by atomic mass is 16.7. The third kappa shape index (κ3) is 6.10. The predicted octanol–water partition coefficient (Wildman–Crippen LogP) is 7.54. The van der Waals surface area contributed by atoms with Gasteiger partial charge in [-0.05, 0) is 48.1 Å². The van der Waals surface area contributed by atoms with E-state index in [0.29, 0.717) is 13.5 Å². The molecular weight excluding hydrogens is 407 g/mol. The summed E-state index contributed by atoms with van der Waals surface area (Å²) >= 11 is 0. The predicted molar refractivity (Wildman–Crippen MR) is 139 cm³/mol. The zero-order valence-corrected chi connectivity index (χ0v) is 20.4. The standard InChI is InChI=1S/C29H39BO3/c1-31-22-33-21-7-6-16-28(23-17-19-27(32-2)20-18-23)29(24-10-4-3-5-11-24)30-25-12-8-13-26(30)15-9-14-25/h3-5,10-11,17-20,25-26H,6-9,12-16,21-22H2,1-2H3/b29-28-. The maximum absolute atomic E-state index is 5.57. The summed E-state index contributed by atoms with van der Waals surface area (Å²) < 4.78 is 16.1. The Morgan fingerprint density at radius 2 is 1.48 bits per heavy atom. The van der Waals surface area contributed by atoms with Gasteiger partial charge in [-0.1, -0.05) is 98.1 Å². The Hall–Kier alpha value is -2.04. The SMILES string of the molecule is COCOCCCC/C(=C(/B1C2CCCC1CCC2)c1ccccc1)c1ccc(OC)cc1. The minimum Gasteiger partial charge on any atom is -0.497 e. The highest BCUT2D eigenvalue weighted by Gasteiger charge is 2.42. The fraction of sp³-hybridized carbons (Fsp3) is 0.517. The molecule has 2 aliphatic rings. The minimum absolute atomic E-state index is 0.377. The number of allylic oxidation sites excluding steroid dienone is 1. The summed E-state index contributed by atoms with van der Waals surface area (Å²) in [5.74, 6) is 2.57. The summed E-state index contributed by atoms with van der Waals surface area (Å²) in [4.78, 5) is 0. The molecule has 0 atom stereocenters. The molecule has 2 heterocycles. The van der Waals surface area contributed by atoms with E-state index in [1.807, 2.05) is 0 Å². The number of hydrogen-bond donors (Lipinski definition) is 0. The summed E-state index contributed by atoms with van der Waals surface area (Å²) in [5, 5.41) is 0. The maximum Gasteiger partial charge on any atom is 0.183 e. The van der Waals surface area contributed by atoms with Gasteiger partial charge in [0.15, 0.2) is 6.71 Å². The van der Waals surface area contributed by atoms with Crippen molar-refractivity contribution in [2.75, 3.05) is 27.6 Å². The van der Waals surface area contributed by atoms with Gasteiger partial charge in [0.05, 0.1) is 7.11 Å². The molecule has 2 bridgehead atoms. The van der Waals surface area contributed by atoms with Crippen molar-refractivity contribution >= 4 is 17.8 Å². The van der Waals surface area contributed by atoms with Crippen molar-refractivity contribution in [2.24, 2.45) is 0 Å². The summed E-state index contributed by atoms with van der Waals surface area (Å²) in [6, 6.07) is 20.0. The lowest BCUT2D eigenvalue weighted by Gasteiger charge is -2.43. The van der Waals surface area contributed by atoms with Gasteiger partial charge in [0.2, 0.25) is 0 Å². The van der Waals surface area contributed by atoms with E-state index in [4.69, 9.17) is 14.2 Å². The van der Waals surface area contributed by atoms with Crippen molar-refractivity contribution in [3.8, 4) is 5.75 Å². The molecule has 0 amide bonds. The van der Waals surface area contributed by atoms with E-state index in [1.54, 1.807) is 19.7 Å². The zero-order chi connectivity index (χ0) is 22.9. The number of unbranched alkanes of at least 4 members (excludes halogenated alkanes) is 1. The molecule has 2 fully saturated rings. The second kappa shape index (κ2) is 12.4. The van der Waals surface area contributed by atoms with Gasteiger partial charge < -0.3 is 14.2 Å². The molecule has 2 aromatic rings. The molecule has 33 heavy (non-hydrogen) atoms. The van der Waals surface area contributed by atoms with Gasteiger partial charge in [-0.15, -0.1) is 0 Å². The monoisotopic (exact) mass is 446 g/mol. The second-order valence-corrected chi connectivity index (χ2v) is 9.67. The summed E-state index contributed by atoms with van der Waals surface area (Å²) in [6.07, 6.45) is 11.6. The Morgan fingerprint density at radius 1 is 0.818 bits per heavy atom. The molecule has 0 aromatic heterocycles. The normalized spacial score (nSPS) is 21.0. The van der Waals surface area contributed by atoms with Crippen LogP contribution in [0.15, 0.2) is 54.6 Å². The molecule has 0 unspecified atom stereocenters. The molecule has 2 saturated heterocycles. The average molecular weight is 446 g/mol. The minimum atomic E-state index is 0.377. The van der Waals surface area contributed by atoms with Crippen LogP contribution in [0, 0.1) is 0 Å². The molecule has 0 radical (unpaired) electrons. The third-order valence-corrected chi connectivity index (χ3v) is 7.66. The Balaban J connectivity index is 1.73. The average Bonchev–Trinajstić information content (AvgIpc) is 2.86. The first kappa shape index (κ1) is 24.1. The lowest BCUT2D eigenvalue weighted by atomic mass is 9.23. The highest BCUT2D eigenvalue weighted by Crippen LogP contribution is 2.52. The first-order chi connectivity index (χ1) is 16.3. The molecule has 2 aromatic carbocycles. The van der Waals surface area contributed by atoms with Gasteiger partial charge in [0, 0.05) is 13.7 Å². The van der Waals surface area contributed by atoms with Crippen LogP contribution in [-0.2, 0) is 9.47 Å². The van der Waals surface area contributed by atoms with Crippen molar-refractivity contribution in [1.29, 1.82) is 0 Å². The third-order valence-electron chi connectivity index (χ3n) is 7.66. The molecule has 2 aliphatic heterocycles. The van der Waals surface area contributed by atoms with Crippen molar-refractivity contribution in [3.05, 3.63) is 65.7 Å². The van der Waals surface area contributed by atoms with E-state index in [1.165, 1.54) is 55.2 Å². The highest BCUT2D eigenvalue weighted by molar-refractivity contribution is 6.83. The van der Waals surface area contributed by atoms with Crippen molar-refractivity contribution in [2.45, 2.75) is 69.4 Å². The van der Waals surface area contributed by atoms with Crippen LogP contribution < -0.4 is 4.74 Å². The summed E-state index contributed by atoms with van der Waals surface area (Å²) in [7, 11) is 3.42. The van der Waals surface area contributed by atoms with Crippen molar-refractivity contribution in [3.63, 3.8) is 0 Å². The number of benzene rings is 2.